The Morgan fingerprint density at radius 2 is 2.06 bits per heavy atom. The zero-order valence-electron chi connectivity index (χ0n) is 9.22. The second-order valence-electron chi connectivity index (χ2n) is 3.65. The maximum absolute atomic E-state index is 5.74. The normalized spacial score (nSPS) is 12.6. The first kappa shape index (κ1) is 10.8. The summed E-state index contributed by atoms with van der Waals surface area (Å²) in [5.74, 6) is 0.663. The van der Waals surface area contributed by atoms with E-state index >= 15 is 0 Å². The van der Waals surface area contributed by atoms with Crippen LogP contribution in [-0.2, 0) is 6.42 Å². The van der Waals surface area contributed by atoms with Gasteiger partial charge in [0.1, 0.15) is 0 Å². The Labute approximate surface area is 94.1 Å². The predicted octanol–water partition coefficient (Wildman–Crippen LogP) is 0.853. The minimum Gasteiger partial charge on any atom is -0.329 e. The first-order valence-electron chi connectivity index (χ1n) is 5.37. The van der Waals surface area contributed by atoms with Gasteiger partial charge in [0.2, 0.25) is 0 Å². The van der Waals surface area contributed by atoms with E-state index in [9.17, 15) is 0 Å². The van der Waals surface area contributed by atoms with Gasteiger partial charge in [-0.3, -0.25) is 0 Å². The minimum atomic E-state index is 0.0182. The van der Waals surface area contributed by atoms with E-state index in [-0.39, 0.29) is 5.92 Å². The van der Waals surface area contributed by atoms with Crippen LogP contribution in [0.3, 0.4) is 0 Å². The Kier molecular flexibility index (Phi) is 3.26. The second-order valence-corrected chi connectivity index (χ2v) is 3.65. The smallest absolute Gasteiger partial charge is 0.183 e. The van der Waals surface area contributed by atoms with Crippen LogP contribution in [0.4, 0.5) is 0 Å². The van der Waals surface area contributed by atoms with E-state index in [1.54, 1.807) is 0 Å². The first-order valence-corrected chi connectivity index (χ1v) is 5.37. The SMILES string of the molecule is CCc1ccc(C(CN)c2nn[nH]n2)cc1. The van der Waals surface area contributed by atoms with Crippen LogP contribution in [0.2, 0.25) is 0 Å². The van der Waals surface area contributed by atoms with Gasteiger partial charge in [0.05, 0.1) is 5.92 Å². The van der Waals surface area contributed by atoms with Crippen LogP contribution in [0.25, 0.3) is 0 Å². The largest absolute Gasteiger partial charge is 0.329 e. The summed E-state index contributed by atoms with van der Waals surface area (Å²) in [6.45, 7) is 2.61. The van der Waals surface area contributed by atoms with Gasteiger partial charge in [-0.2, -0.15) is 5.21 Å². The Morgan fingerprint density at radius 1 is 1.31 bits per heavy atom. The summed E-state index contributed by atoms with van der Waals surface area (Å²) >= 11 is 0. The van der Waals surface area contributed by atoms with Gasteiger partial charge in [-0.15, -0.1) is 10.2 Å². The van der Waals surface area contributed by atoms with Crippen LogP contribution in [0.15, 0.2) is 24.3 Å². The molecule has 0 saturated carbocycles. The van der Waals surface area contributed by atoms with E-state index in [1.807, 2.05) is 0 Å². The molecule has 2 rings (SSSR count). The zero-order chi connectivity index (χ0) is 11.4. The number of hydrogen-bond acceptors (Lipinski definition) is 4. The average molecular weight is 217 g/mol. The lowest BCUT2D eigenvalue weighted by Gasteiger charge is -2.11. The van der Waals surface area contributed by atoms with Gasteiger partial charge < -0.3 is 5.73 Å². The van der Waals surface area contributed by atoms with Crippen LogP contribution in [0, 0.1) is 0 Å². The summed E-state index contributed by atoms with van der Waals surface area (Å²) < 4.78 is 0. The maximum atomic E-state index is 5.74. The summed E-state index contributed by atoms with van der Waals surface area (Å²) in [6, 6.07) is 8.37. The van der Waals surface area contributed by atoms with Gasteiger partial charge in [0.25, 0.3) is 0 Å². The van der Waals surface area contributed by atoms with E-state index in [4.69, 9.17) is 5.73 Å². The van der Waals surface area contributed by atoms with Crippen LogP contribution in [-0.4, -0.2) is 27.2 Å². The van der Waals surface area contributed by atoms with Gasteiger partial charge >= 0.3 is 0 Å². The van der Waals surface area contributed by atoms with Crippen molar-refractivity contribution in [3.63, 3.8) is 0 Å². The highest BCUT2D eigenvalue weighted by atomic mass is 15.5. The lowest BCUT2D eigenvalue weighted by atomic mass is 9.97. The number of aryl methyl sites for hydroxylation is 1. The van der Waals surface area contributed by atoms with Crippen molar-refractivity contribution in [2.45, 2.75) is 19.3 Å². The van der Waals surface area contributed by atoms with Crippen LogP contribution in [0.1, 0.15) is 29.8 Å². The van der Waals surface area contributed by atoms with Gasteiger partial charge in [-0.05, 0) is 17.5 Å². The third kappa shape index (κ3) is 2.09. The summed E-state index contributed by atoms with van der Waals surface area (Å²) in [4.78, 5) is 0. The molecule has 84 valence electrons. The fourth-order valence-electron chi connectivity index (χ4n) is 1.69. The Hall–Kier alpha value is -1.75. The molecule has 0 bridgehead atoms. The molecule has 1 unspecified atom stereocenters. The highest BCUT2D eigenvalue weighted by molar-refractivity contribution is 5.29. The van der Waals surface area contributed by atoms with Gasteiger partial charge in [0, 0.05) is 6.54 Å². The molecule has 5 nitrogen and oxygen atoms in total. The molecule has 1 heterocycles. The Bertz CT molecular complexity index is 420. The van der Waals surface area contributed by atoms with E-state index in [0.717, 1.165) is 12.0 Å². The second kappa shape index (κ2) is 4.85. The first-order chi connectivity index (χ1) is 7.85. The number of rotatable bonds is 4. The van der Waals surface area contributed by atoms with E-state index in [2.05, 4.69) is 51.8 Å². The lowest BCUT2D eigenvalue weighted by Crippen LogP contribution is -2.15. The van der Waals surface area contributed by atoms with Crippen molar-refractivity contribution in [3.05, 3.63) is 41.2 Å². The number of nitrogens with one attached hydrogen (secondary N) is 1. The van der Waals surface area contributed by atoms with Crippen molar-refractivity contribution < 1.29 is 0 Å². The predicted molar refractivity (Wildman–Crippen MR) is 60.9 cm³/mol. The zero-order valence-corrected chi connectivity index (χ0v) is 9.22. The van der Waals surface area contributed by atoms with Crippen molar-refractivity contribution in [1.82, 2.24) is 20.6 Å². The number of nitrogens with zero attached hydrogens (tertiary/aromatic N) is 3. The summed E-state index contributed by atoms with van der Waals surface area (Å²) in [7, 11) is 0. The molecule has 0 spiro atoms. The van der Waals surface area contributed by atoms with Gasteiger partial charge in [-0.1, -0.05) is 36.4 Å². The van der Waals surface area contributed by atoms with Crippen molar-refractivity contribution in [2.75, 3.05) is 6.54 Å². The quantitative estimate of drug-likeness (QED) is 0.795. The molecule has 0 aliphatic rings. The van der Waals surface area contributed by atoms with Crippen LogP contribution in [0.5, 0.6) is 0 Å². The molecule has 0 amide bonds. The molecule has 0 fully saturated rings. The lowest BCUT2D eigenvalue weighted by molar-refractivity contribution is 0.752. The molecule has 0 aliphatic heterocycles. The summed E-state index contributed by atoms with van der Waals surface area (Å²) in [6.07, 6.45) is 1.04. The van der Waals surface area contributed by atoms with Gasteiger partial charge in [0.15, 0.2) is 5.82 Å². The molecule has 1 aromatic carbocycles. The van der Waals surface area contributed by atoms with Crippen LogP contribution < -0.4 is 5.73 Å². The average Bonchev–Trinajstić information content (AvgIpc) is 2.85. The number of benzene rings is 1. The summed E-state index contributed by atoms with van der Waals surface area (Å²) in [5, 5.41) is 14.0. The standard InChI is InChI=1S/C11H15N5/c1-2-8-3-5-9(6-4-8)10(7-12)11-13-15-16-14-11/h3-6,10H,2,7,12H2,1H3,(H,13,14,15,16). The topological polar surface area (TPSA) is 80.5 Å². The van der Waals surface area contributed by atoms with Crippen molar-refractivity contribution in [1.29, 1.82) is 0 Å². The monoisotopic (exact) mass is 217 g/mol. The number of aromatic amines is 1. The van der Waals surface area contributed by atoms with Crippen molar-refractivity contribution in [3.8, 4) is 0 Å². The minimum absolute atomic E-state index is 0.0182. The molecule has 0 aliphatic carbocycles. The fourth-order valence-corrected chi connectivity index (χ4v) is 1.69. The highest BCUT2D eigenvalue weighted by Crippen LogP contribution is 2.20. The third-order valence-electron chi connectivity index (χ3n) is 2.70. The van der Waals surface area contributed by atoms with E-state index in [0.29, 0.717) is 12.4 Å². The molecule has 16 heavy (non-hydrogen) atoms. The molecule has 0 saturated heterocycles. The van der Waals surface area contributed by atoms with E-state index < -0.39 is 0 Å². The number of aromatic nitrogens is 4. The van der Waals surface area contributed by atoms with Crippen LogP contribution >= 0.6 is 0 Å². The molecule has 2 aromatic rings. The molecule has 5 heteroatoms. The number of hydrogen-bond donors (Lipinski definition) is 2. The molecular weight excluding hydrogens is 202 g/mol. The molecule has 1 atom stereocenters. The molecule has 1 aromatic heterocycles. The molecule has 0 radical (unpaired) electrons. The maximum Gasteiger partial charge on any atom is 0.183 e. The number of nitrogens with two attached hydrogens (primary N) is 1. The van der Waals surface area contributed by atoms with Crippen molar-refractivity contribution in [2.24, 2.45) is 5.73 Å². The Morgan fingerprint density at radius 3 is 2.56 bits per heavy atom. The van der Waals surface area contributed by atoms with Crippen molar-refractivity contribution >= 4 is 0 Å². The van der Waals surface area contributed by atoms with Gasteiger partial charge in [-0.25, -0.2) is 0 Å². The number of tetrazole rings is 1. The summed E-state index contributed by atoms with van der Waals surface area (Å²) in [5.41, 5.74) is 8.18. The van der Waals surface area contributed by atoms with E-state index in [1.165, 1.54) is 5.56 Å². The third-order valence-corrected chi connectivity index (χ3v) is 2.70. The highest BCUT2D eigenvalue weighted by Gasteiger charge is 2.16. The molecular formula is C11H15N5. The Balaban J connectivity index is 2.27. The number of H-pyrrole nitrogens is 1. The fraction of sp³-hybridized carbons (Fsp3) is 0.364. The molecule has 3 N–H and O–H groups in total.